The predicted octanol–water partition coefficient (Wildman–Crippen LogP) is 4.26. The highest BCUT2D eigenvalue weighted by Crippen LogP contribution is 2.27. The monoisotopic (exact) mass is 221 g/mol. The van der Waals surface area contributed by atoms with Crippen molar-refractivity contribution in [3.8, 4) is 0 Å². The first-order valence-electron chi connectivity index (χ1n) is 6.07. The van der Waals surface area contributed by atoms with Gasteiger partial charge in [0, 0.05) is 16.5 Å². The minimum absolute atomic E-state index is 0.977. The third kappa shape index (κ3) is 1.59. The number of fused-ring (bicyclic) bond motifs is 3. The Morgan fingerprint density at radius 3 is 2.59 bits per heavy atom. The smallest absolute Gasteiger partial charge is 0.0711 e. The zero-order valence-corrected chi connectivity index (χ0v) is 10.2. The maximum atomic E-state index is 4.76. The summed E-state index contributed by atoms with van der Waals surface area (Å²) in [5.74, 6) is 0. The highest BCUT2D eigenvalue weighted by Gasteiger charge is 2.06. The summed E-state index contributed by atoms with van der Waals surface area (Å²) < 4.78 is 0. The molecule has 0 amide bonds. The summed E-state index contributed by atoms with van der Waals surface area (Å²) in [6.07, 6.45) is 0.977. The Labute approximate surface area is 101 Å². The Morgan fingerprint density at radius 2 is 1.76 bits per heavy atom. The molecular weight excluding hydrogens is 206 g/mol. The minimum atomic E-state index is 0.977. The average molecular weight is 221 g/mol. The van der Waals surface area contributed by atoms with Gasteiger partial charge in [-0.15, -0.1) is 0 Å². The first-order valence-corrected chi connectivity index (χ1v) is 6.07. The molecule has 0 N–H and O–H groups in total. The number of benzene rings is 2. The van der Waals surface area contributed by atoms with Crippen molar-refractivity contribution in [2.24, 2.45) is 0 Å². The Kier molecular flexibility index (Phi) is 2.32. The van der Waals surface area contributed by atoms with E-state index in [1.54, 1.807) is 0 Å². The van der Waals surface area contributed by atoms with Gasteiger partial charge in [0.2, 0.25) is 0 Å². The lowest BCUT2D eigenvalue weighted by atomic mass is 10.0. The lowest BCUT2D eigenvalue weighted by Gasteiger charge is -2.08. The lowest BCUT2D eigenvalue weighted by molar-refractivity contribution is 1.08. The molecule has 0 radical (unpaired) electrons. The van der Waals surface area contributed by atoms with Gasteiger partial charge in [0.25, 0.3) is 0 Å². The number of para-hydroxylation sites is 1. The van der Waals surface area contributed by atoms with Crippen molar-refractivity contribution in [2.75, 3.05) is 0 Å². The van der Waals surface area contributed by atoms with Crippen LogP contribution in [0.4, 0.5) is 0 Å². The zero-order chi connectivity index (χ0) is 11.8. The molecule has 2 aromatic carbocycles. The molecule has 0 aliphatic carbocycles. The van der Waals surface area contributed by atoms with E-state index in [0.717, 1.165) is 11.9 Å². The van der Waals surface area contributed by atoms with Crippen molar-refractivity contribution in [3.05, 3.63) is 53.7 Å². The van der Waals surface area contributed by atoms with Crippen LogP contribution in [0.25, 0.3) is 21.7 Å². The summed E-state index contributed by atoms with van der Waals surface area (Å²) in [5.41, 5.74) is 3.59. The maximum Gasteiger partial charge on any atom is 0.0711 e. The Bertz CT molecular complexity index is 698. The van der Waals surface area contributed by atoms with E-state index in [1.165, 1.54) is 27.4 Å². The van der Waals surface area contributed by atoms with Gasteiger partial charge in [0.1, 0.15) is 0 Å². The molecule has 0 saturated carbocycles. The van der Waals surface area contributed by atoms with Crippen LogP contribution in [0.1, 0.15) is 18.2 Å². The number of rotatable bonds is 1. The van der Waals surface area contributed by atoms with Gasteiger partial charge in [-0.25, -0.2) is 0 Å². The number of hydrogen-bond acceptors (Lipinski definition) is 1. The first-order chi connectivity index (χ1) is 8.29. The van der Waals surface area contributed by atoms with Crippen molar-refractivity contribution in [1.82, 2.24) is 4.98 Å². The summed E-state index contributed by atoms with van der Waals surface area (Å²) >= 11 is 0. The molecule has 0 spiro atoms. The van der Waals surface area contributed by atoms with E-state index in [9.17, 15) is 0 Å². The molecule has 0 saturated heterocycles. The van der Waals surface area contributed by atoms with Crippen molar-refractivity contribution >= 4 is 21.7 Å². The zero-order valence-electron chi connectivity index (χ0n) is 10.2. The molecule has 0 atom stereocenters. The van der Waals surface area contributed by atoms with Crippen LogP contribution in [0.3, 0.4) is 0 Å². The highest BCUT2D eigenvalue weighted by atomic mass is 14.7. The fourth-order valence-electron chi connectivity index (χ4n) is 2.41. The van der Waals surface area contributed by atoms with Gasteiger partial charge < -0.3 is 0 Å². The van der Waals surface area contributed by atoms with E-state index in [-0.39, 0.29) is 0 Å². The Balaban J connectivity index is 2.55. The molecular formula is C16H15N. The van der Waals surface area contributed by atoms with Crippen LogP contribution in [0, 0.1) is 6.92 Å². The standard InChI is InChI=1S/C16H15N/c1-3-15-14-10-11(2)8-9-12(14)13-6-4-5-7-16(13)17-15/h4-10H,3H2,1-2H3. The number of hydrogen-bond donors (Lipinski definition) is 0. The largest absolute Gasteiger partial charge is 0.252 e. The van der Waals surface area contributed by atoms with E-state index in [0.29, 0.717) is 0 Å². The van der Waals surface area contributed by atoms with Gasteiger partial charge in [-0.1, -0.05) is 42.8 Å². The van der Waals surface area contributed by atoms with E-state index in [4.69, 9.17) is 4.98 Å². The van der Waals surface area contributed by atoms with Gasteiger partial charge in [0.15, 0.2) is 0 Å². The molecule has 3 rings (SSSR count). The fourth-order valence-corrected chi connectivity index (χ4v) is 2.41. The second kappa shape index (κ2) is 3.85. The molecule has 0 aliphatic heterocycles. The number of aromatic nitrogens is 1. The van der Waals surface area contributed by atoms with Crippen molar-refractivity contribution in [2.45, 2.75) is 20.3 Å². The van der Waals surface area contributed by atoms with Gasteiger partial charge in [-0.2, -0.15) is 0 Å². The van der Waals surface area contributed by atoms with Gasteiger partial charge >= 0.3 is 0 Å². The first kappa shape index (κ1) is 10.3. The Morgan fingerprint density at radius 1 is 0.941 bits per heavy atom. The number of aryl methyl sites for hydroxylation is 2. The molecule has 84 valence electrons. The van der Waals surface area contributed by atoms with Gasteiger partial charge in [-0.05, 0) is 30.9 Å². The minimum Gasteiger partial charge on any atom is -0.252 e. The molecule has 0 aliphatic rings. The predicted molar refractivity (Wildman–Crippen MR) is 73.4 cm³/mol. The van der Waals surface area contributed by atoms with Crippen LogP contribution < -0.4 is 0 Å². The number of nitrogens with zero attached hydrogens (tertiary/aromatic N) is 1. The van der Waals surface area contributed by atoms with Crippen LogP contribution in [0.5, 0.6) is 0 Å². The quantitative estimate of drug-likeness (QED) is 0.559. The molecule has 1 aromatic heterocycles. The SMILES string of the molecule is CCc1nc2ccccc2c2ccc(C)cc12. The van der Waals surface area contributed by atoms with E-state index >= 15 is 0 Å². The summed E-state index contributed by atoms with van der Waals surface area (Å²) in [6, 6.07) is 15.0. The van der Waals surface area contributed by atoms with Crippen LogP contribution in [-0.4, -0.2) is 4.98 Å². The normalized spacial score (nSPS) is 11.2. The fraction of sp³-hybridized carbons (Fsp3) is 0.188. The van der Waals surface area contributed by atoms with E-state index in [1.807, 2.05) is 0 Å². The summed E-state index contributed by atoms with van der Waals surface area (Å²) in [7, 11) is 0. The van der Waals surface area contributed by atoms with E-state index < -0.39 is 0 Å². The highest BCUT2D eigenvalue weighted by molar-refractivity contribution is 6.06. The van der Waals surface area contributed by atoms with Crippen LogP contribution in [-0.2, 0) is 6.42 Å². The second-order valence-electron chi connectivity index (χ2n) is 4.48. The second-order valence-corrected chi connectivity index (χ2v) is 4.48. The summed E-state index contributed by atoms with van der Waals surface area (Å²) in [5, 5.41) is 3.86. The van der Waals surface area contributed by atoms with Crippen LogP contribution in [0.15, 0.2) is 42.5 Å². The lowest BCUT2D eigenvalue weighted by Crippen LogP contribution is -1.92. The van der Waals surface area contributed by atoms with Crippen LogP contribution >= 0.6 is 0 Å². The van der Waals surface area contributed by atoms with E-state index in [2.05, 4.69) is 56.3 Å². The van der Waals surface area contributed by atoms with Gasteiger partial charge in [-0.3, -0.25) is 4.98 Å². The maximum absolute atomic E-state index is 4.76. The average Bonchev–Trinajstić information content (AvgIpc) is 2.37. The third-order valence-electron chi connectivity index (χ3n) is 3.27. The summed E-state index contributed by atoms with van der Waals surface area (Å²) in [6.45, 7) is 4.30. The topological polar surface area (TPSA) is 12.9 Å². The van der Waals surface area contributed by atoms with Crippen molar-refractivity contribution in [1.29, 1.82) is 0 Å². The molecule has 0 fully saturated rings. The van der Waals surface area contributed by atoms with Gasteiger partial charge in [0.05, 0.1) is 5.52 Å². The van der Waals surface area contributed by atoms with Crippen molar-refractivity contribution in [3.63, 3.8) is 0 Å². The van der Waals surface area contributed by atoms with Crippen molar-refractivity contribution < 1.29 is 0 Å². The summed E-state index contributed by atoms with van der Waals surface area (Å²) in [4.78, 5) is 4.76. The third-order valence-corrected chi connectivity index (χ3v) is 3.27. The van der Waals surface area contributed by atoms with Crippen LogP contribution in [0.2, 0.25) is 0 Å². The molecule has 1 nitrogen and oxygen atoms in total. The Hall–Kier alpha value is -1.89. The molecule has 0 bridgehead atoms. The molecule has 17 heavy (non-hydrogen) atoms. The molecule has 3 aromatic rings. The molecule has 1 heteroatoms. The number of pyridine rings is 1. The molecule has 1 heterocycles. The molecule has 0 unspecified atom stereocenters.